The van der Waals surface area contributed by atoms with Gasteiger partial charge in [0.2, 0.25) is 0 Å². The van der Waals surface area contributed by atoms with Crippen LogP contribution in [0.15, 0.2) is 4.99 Å². The molecule has 0 amide bonds. The van der Waals surface area contributed by atoms with Gasteiger partial charge in [0.1, 0.15) is 0 Å². The molecule has 0 atom stereocenters. The van der Waals surface area contributed by atoms with E-state index in [-0.39, 0.29) is 0 Å². The van der Waals surface area contributed by atoms with Gasteiger partial charge < -0.3 is 5.32 Å². The van der Waals surface area contributed by atoms with Crippen molar-refractivity contribution in [2.75, 3.05) is 12.3 Å². The van der Waals surface area contributed by atoms with Crippen LogP contribution in [0.1, 0.15) is 27.7 Å². The summed E-state index contributed by atoms with van der Waals surface area (Å²) < 4.78 is 0. The summed E-state index contributed by atoms with van der Waals surface area (Å²) in [6, 6.07) is 0.601. The van der Waals surface area contributed by atoms with Crippen LogP contribution in [0.25, 0.3) is 0 Å². The second-order valence-corrected chi connectivity index (χ2v) is 6.14. The molecule has 74 valence electrons. The molecule has 0 aromatic heterocycles. The molecule has 2 aliphatic rings. The average Bonchev–Trinajstić information content (AvgIpc) is 2.44. The Balaban J connectivity index is 1.98. The second kappa shape index (κ2) is 2.66. The molecule has 0 aromatic rings. The molecule has 0 spiro atoms. The van der Waals surface area contributed by atoms with Crippen molar-refractivity contribution in [2.24, 2.45) is 15.8 Å². The lowest BCUT2D eigenvalue weighted by atomic mass is 10.0. The first kappa shape index (κ1) is 9.38. The maximum atomic E-state index is 4.42. The van der Waals surface area contributed by atoms with E-state index in [0.717, 1.165) is 17.5 Å². The molecule has 0 aromatic carbocycles. The standard InChI is InChI=1S/C10H18N2S/c1-9(2)7(10(9,3)4)12-8-11-5-6-13-8/h7H,5-6H2,1-4H3,(H,11,12). The van der Waals surface area contributed by atoms with E-state index < -0.39 is 0 Å². The highest BCUT2D eigenvalue weighted by molar-refractivity contribution is 8.14. The monoisotopic (exact) mass is 198 g/mol. The highest BCUT2D eigenvalue weighted by atomic mass is 32.2. The molecule has 1 N–H and O–H groups in total. The minimum absolute atomic E-state index is 0.415. The number of rotatable bonds is 1. The van der Waals surface area contributed by atoms with E-state index in [1.807, 2.05) is 11.8 Å². The Morgan fingerprint density at radius 1 is 1.31 bits per heavy atom. The maximum absolute atomic E-state index is 4.42. The van der Waals surface area contributed by atoms with Gasteiger partial charge in [-0.15, -0.1) is 0 Å². The molecule has 0 bridgehead atoms. The Kier molecular flexibility index (Phi) is 1.92. The molecular weight excluding hydrogens is 180 g/mol. The lowest BCUT2D eigenvalue weighted by molar-refractivity contribution is 0.457. The van der Waals surface area contributed by atoms with Crippen molar-refractivity contribution in [3.8, 4) is 0 Å². The van der Waals surface area contributed by atoms with Crippen molar-refractivity contribution in [1.82, 2.24) is 5.32 Å². The van der Waals surface area contributed by atoms with Crippen LogP contribution in [0.4, 0.5) is 0 Å². The molecule has 13 heavy (non-hydrogen) atoms. The summed E-state index contributed by atoms with van der Waals surface area (Å²) in [5.74, 6) is 1.15. The molecular formula is C10H18N2S. The van der Waals surface area contributed by atoms with Crippen molar-refractivity contribution in [1.29, 1.82) is 0 Å². The summed E-state index contributed by atoms with van der Waals surface area (Å²) in [7, 11) is 0. The van der Waals surface area contributed by atoms with E-state index in [2.05, 4.69) is 38.0 Å². The van der Waals surface area contributed by atoms with Gasteiger partial charge in [-0.25, -0.2) is 0 Å². The summed E-state index contributed by atoms with van der Waals surface area (Å²) in [6.07, 6.45) is 0. The lowest BCUT2D eigenvalue weighted by Gasteiger charge is -2.05. The molecule has 0 radical (unpaired) electrons. The highest BCUT2D eigenvalue weighted by Gasteiger charge is 2.65. The Morgan fingerprint density at radius 3 is 2.31 bits per heavy atom. The van der Waals surface area contributed by atoms with E-state index in [1.54, 1.807) is 0 Å². The summed E-state index contributed by atoms with van der Waals surface area (Å²) in [4.78, 5) is 4.42. The third-order valence-corrected chi connectivity index (χ3v) is 4.78. The minimum atomic E-state index is 0.415. The third kappa shape index (κ3) is 1.28. The van der Waals surface area contributed by atoms with Gasteiger partial charge in [0.25, 0.3) is 0 Å². The van der Waals surface area contributed by atoms with Crippen molar-refractivity contribution in [3.05, 3.63) is 0 Å². The normalized spacial score (nSPS) is 30.0. The largest absolute Gasteiger partial charge is 0.361 e. The summed E-state index contributed by atoms with van der Waals surface area (Å²) in [5, 5.41) is 4.70. The van der Waals surface area contributed by atoms with Crippen LogP contribution >= 0.6 is 11.8 Å². The number of nitrogens with one attached hydrogen (secondary N) is 1. The topological polar surface area (TPSA) is 24.4 Å². The van der Waals surface area contributed by atoms with Gasteiger partial charge >= 0.3 is 0 Å². The number of hydrogen-bond acceptors (Lipinski definition) is 3. The van der Waals surface area contributed by atoms with Crippen LogP contribution in [0.3, 0.4) is 0 Å². The molecule has 2 rings (SSSR count). The SMILES string of the molecule is CC1(C)C(NC2=NCCS2)C1(C)C. The zero-order valence-corrected chi connectivity index (χ0v) is 9.66. The summed E-state index contributed by atoms with van der Waals surface area (Å²) in [5.41, 5.74) is 0.831. The molecule has 0 unspecified atom stereocenters. The Bertz CT molecular complexity index is 242. The molecule has 1 aliphatic carbocycles. The zero-order valence-electron chi connectivity index (χ0n) is 8.85. The lowest BCUT2D eigenvalue weighted by Crippen LogP contribution is -2.26. The first-order valence-electron chi connectivity index (χ1n) is 4.90. The highest BCUT2D eigenvalue weighted by Crippen LogP contribution is 2.62. The van der Waals surface area contributed by atoms with Crippen LogP contribution in [0.5, 0.6) is 0 Å². The predicted octanol–water partition coefficient (Wildman–Crippen LogP) is 2.11. The van der Waals surface area contributed by atoms with Gasteiger partial charge in [0, 0.05) is 11.8 Å². The zero-order chi connectivity index (χ0) is 9.69. The number of amidine groups is 1. The predicted molar refractivity (Wildman–Crippen MR) is 59.2 cm³/mol. The molecule has 1 fully saturated rings. The van der Waals surface area contributed by atoms with Gasteiger partial charge in [0.15, 0.2) is 5.17 Å². The maximum Gasteiger partial charge on any atom is 0.156 e. The fourth-order valence-electron chi connectivity index (χ4n) is 2.10. The summed E-state index contributed by atoms with van der Waals surface area (Å²) >= 11 is 1.85. The van der Waals surface area contributed by atoms with Crippen molar-refractivity contribution >= 4 is 16.9 Å². The molecule has 3 heteroatoms. The van der Waals surface area contributed by atoms with Crippen LogP contribution in [0.2, 0.25) is 0 Å². The third-order valence-electron chi connectivity index (χ3n) is 3.87. The Morgan fingerprint density at radius 2 is 1.92 bits per heavy atom. The van der Waals surface area contributed by atoms with Gasteiger partial charge in [-0.1, -0.05) is 39.5 Å². The quantitative estimate of drug-likeness (QED) is 0.698. The van der Waals surface area contributed by atoms with E-state index in [9.17, 15) is 0 Å². The number of thioether (sulfide) groups is 1. The average molecular weight is 198 g/mol. The smallest absolute Gasteiger partial charge is 0.156 e. The van der Waals surface area contributed by atoms with E-state index in [1.165, 1.54) is 0 Å². The van der Waals surface area contributed by atoms with Crippen LogP contribution in [-0.4, -0.2) is 23.5 Å². The van der Waals surface area contributed by atoms with Gasteiger partial charge in [-0.2, -0.15) is 0 Å². The van der Waals surface area contributed by atoms with Crippen LogP contribution < -0.4 is 5.32 Å². The van der Waals surface area contributed by atoms with Crippen LogP contribution in [-0.2, 0) is 0 Å². The fraction of sp³-hybridized carbons (Fsp3) is 0.900. The molecule has 1 saturated carbocycles. The van der Waals surface area contributed by atoms with Crippen molar-refractivity contribution < 1.29 is 0 Å². The second-order valence-electron chi connectivity index (χ2n) is 5.06. The first-order chi connectivity index (χ1) is 5.96. The van der Waals surface area contributed by atoms with Gasteiger partial charge in [-0.3, -0.25) is 4.99 Å². The van der Waals surface area contributed by atoms with Crippen molar-refractivity contribution in [3.63, 3.8) is 0 Å². The Labute approximate surface area is 84.6 Å². The minimum Gasteiger partial charge on any atom is -0.361 e. The molecule has 1 aliphatic heterocycles. The first-order valence-corrected chi connectivity index (χ1v) is 5.88. The van der Waals surface area contributed by atoms with Crippen LogP contribution in [0, 0.1) is 10.8 Å². The van der Waals surface area contributed by atoms with Crippen molar-refractivity contribution in [2.45, 2.75) is 33.7 Å². The van der Waals surface area contributed by atoms with E-state index >= 15 is 0 Å². The number of nitrogens with zero attached hydrogens (tertiary/aromatic N) is 1. The summed E-state index contributed by atoms with van der Waals surface area (Å²) in [6.45, 7) is 10.3. The van der Waals surface area contributed by atoms with E-state index in [4.69, 9.17) is 0 Å². The molecule has 2 nitrogen and oxygen atoms in total. The van der Waals surface area contributed by atoms with E-state index in [0.29, 0.717) is 16.9 Å². The number of aliphatic imine (C=N–C) groups is 1. The number of hydrogen-bond donors (Lipinski definition) is 1. The Hall–Kier alpha value is -0.180. The molecule has 1 heterocycles. The van der Waals surface area contributed by atoms with Gasteiger partial charge in [0.05, 0.1) is 6.54 Å². The molecule has 0 saturated heterocycles. The fourth-order valence-corrected chi connectivity index (χ4v) is 2.86. The van der Waals surface area contributed by atoms with Gasteiger partial charge in [-0.05, 0) is 10.8 Å².